The van der Waals surface area contributed by atoms with Crippen molar-refractivity contribution in [2.45, 2.75) is 39.2 Å². The molecule has 0 unspecified atom stereocenters. The van der Waals surface area contributed by atoms with E-state index in [1.807, 2.05) is 0 Å². The van der Waals surface area contributed by atoms with Gasteiger partial charge in [0.2, 0.25) is 5.91 Å². The number of nitrogens with zero attached hydrogens (tertiary/aromatic N) is 1. The Morgan fingerprint density at radius 1 is 1.54 bits per heavy atom. The third kappa shape index (κ3) is 2.99. The number of hydrogen-bond acceptors (Lipinski definition) is 2. The lowest BCUT2D eigenvalue weighted by atomic mass is 9.91. The summed E-state index contributed by atoms with van der Waals surface area (Å²) in [7, 11) is 0. The van der Waals surface area contributed by atoms with Crippen molar-refractivity contribution >= 4 is 5.91 Å². The van der Waals surface area contributed by atoms with Crippen LogP contribution in [0.15, 0.2) is 0 Å². The summed E-state index contributed by atoms with van der Waals surface area (Å²) in [5.74, 6) is 0.555. The van der Waals surface area contributed by atoms with Crippen LogP contribution in [-0.2, 0) is 4.79 Å². The van der Waals surface area contributed by atoms with Gasteiger partial charge in [0.05, 0.1) is 6.54 Å². The SMILES string of the molecule is CC[C@H]1CC[C@@H](C)N(CC(N)=O)C1. The van der Waals surface area contributed by atoms with Crippen molar-refractivity contribution in [3.63, 3.8) is 0 Å². The van der Waals surface area contributed by atoms with Gasteiger partial charge in [-0.3, -0.25) is 9.69 Å². The molecule has 2 N–H and O–H groups in total. The van der Waals surface area contributed by atoms with Gasteiger partial charge in [0.1, 0.15) is 0 Å². The van der Waals surface area contributed by atoms with Crippen LogP contribution < -0.4 is 5.73 Å². The van der Waals surface area contributed by atoms with Crippen molar-refractivity contribution in [1.82, 2.24) is 4.90 Å². The van der Waals surface area contributed by atoms with E-state index in [2.05, 4.69) is 18.7 Å². The van der Waals surface area contributed by atoms with Gasteiger partial charge in [0, 0.05) is 12.6 Å². The molecule has 3 nitrogen and oxygen atoms in total. The summed E-state index contributed by atoms with van der Waals surface area (Å²) in [6.45, 7) is 5.86. The Hall–Kier alpha value is -0.570. The number of nitrogens with two attached hydrogens (primary N) is 1. The maximum absolute atomic E-state index is 10.8. The minimum Gasteiger partial charge on any atom is -0.369 e. The van der Waals surface area contributed by atoms with Crippen molar-refractivity contribution in [3.05, 3.63) is 0 Å². The van der Waals surface area contributed by atoms with Gasteiger partial charge in [-0.15, -0.1) is 0 Å². The number of primary amides is 1. The average molecular weight is 184 g/mol. The molecule has 0 aliphatic carbocycles. The van der Waals surface area contributed by atoms with Crippen LogP contribution in [0.25, 0.3) is 0 Å². The highest BCUT2D eigenvalue weighted by Gasteiger charge is 2.24. The Balaban J connectivity index is 2.44. The topological polar surface area (TPSA) is 46.3 Å². The molecule has 3 heteroatoms. The Morgan fingerprint density at radius 2 is 2.23 bits per heavy atom. The van der Waals surface area contributed by atoms with Crippen LogP contribution in [0.4, 0.5) is 0 Å². The Bertz CT molecular complexity index is 182. The Morgan fingerprint density at radius 3 is 2.77 bits per heavy atom. The second-order valence-electron chi connectivity index (χ2n) is 4.10. The van der Waals surface area contributed by atoms with E-state index in [1.54, 1.807) is 0 Å². The van der Waals surface area contributed by atoms with E-state index in [1.165, 1.54) is 19.3 Å². The van der Waals surface area contributed by atoms with Gasteiger partial charge < -0.3 is 5.73 Å². The summed E-state index contributed by atoms with van der Waals surface area (Å²) < 4.78 is 0. The lowest BCUT2D eigenvalue weighted by Crippen LogP contribution is -2.45. The van der Waals surface area contributed by atoms with E-state index < -0.39 is 0 Å². The molecule has 0 saturated carbocycles. The lowest BCUT2D eigenvalue weighted by Gasteiger charge is -2.36. The summed E-state index contributed by atoms with van der Waals surface area (Å²) >= 11 is 0. The quantitative estimate of drug-likeness (QED) is 0.710. The van der Waals surface area contributed by atoms with Crippen LogP contribution in [0.1, 0.15) is 33.1 Å². The molecule has 1 heterocycles. The maximum Gasteiger partial charge on any atom is 0.231 e. The molecule has 1 saturated heterocycles. The first-order valence-corrected chi connectivity index (χ1v) is 5.15. The maximum atomic E-state index is 10.8. The number of hydrogen-bond donors (Lipinski definition) is 1. The molecule has 1 fully saturated rings. The molecule has 1 aliphatic heterocycles. The molecule has 0 aromatic heterocycles. The van der Waals surface area contributed by atoms with Gasteiger partial charge >= 0.3 is 0 Å². The largest absolute Gasteiger partial charge is 0.369 e. The number of piperidine rings is 1. The molecule has 13 heavy (non-hydrogen) atoms. The van der Waals surface area contributed by atoms with Crippen LogP contribution in [0.2, 0.25) is 0 Å². The molecule has 0 bridgehead atoms. The van der Waals surface area contributed by atoms with Crippen LogP contribution >= 0.6 is 0 Å². The number of carbonyl (C=O) groups excluding carboxylic acids is 1. The summed E-state index contributed by atoms with van der Waals surface area (Å²) in [6.07, 6.45) is 3.71. The second kappa shape index (κ2) is 4.61. The fourth-order valence-electron chi connectivity index (χ4n) is 2.02. The van der Waals surface area contributed by atoms with Crippen LogP contribution in [-0.4, -0.2) is 29.9 Å². The fourth-order valence-corrected chi connectivity index (χ4v) is 2.02. The van der Waals surface area contributed by atoms with E-state index in [9.17, 15) is 4.79 Å². The standard InChI is InChI=1S/C10H20N2O/c1-3-9-5-4-8(2)12(6-9)7-10(11)13/h8-9H,3-7H2,1-2H3,(H2,11,13)/t8-,9+/m1/s1. The van der Waals surface area contributed by atoms with E-state index in [-0.39, 0.29) is 5.91 Å². The normalized spacial score (nSPS) is 30.3. The van der Waals surface area contributed by atoms with E-state index in [0.717, 1.165) is 12.5 Å². The fraction of sp³-hybridized carbons (Fsp3) is 0.900. The van der Waals surface area contributed by atoms with E-state index in [4.69, 9.17) is 5.73 Å². The highest BCUT2D eigenvalue weighted by atomic mass is 16.1. The monoisotopic (exact) mass is 184 g/mol. The second-order valence-corrected chi connectivity index (χ2v) is 4.10. The number of likely N-dealkylation sites (tertiary alicyclic amines) is 1. The smallest absolute Gasteiger partial charge is 0.231 e. The third-order valence-corrected chi connectivity index (χ3v) is 3.05. The Labute approximate surface area is 80.3 Å². The van der Waals surface area contributed by atoms with Crippen molar-refractivity contribution < 1.29 is 4.79 Å². The van der Waals surface area contributed by atoms with Crippen molar-refractivity contribution in [1.29, 1.82) is 0 Å². The molecule has 76 valence electrons. The summed E-state index contributed by atoms with van der Waals surface area (Å²) in [4.78, 5) is 13.0. The first-order valence-electron chi connectivity index (χ1n) is 5.15. The minimum absolute atomic E-state index is 0.205. The number of amides is 1. The highest BCUT2D eigenvalue weighted by Crippen LogP contribution is 2.23. The Kier molecular flexibility index (Phi) is 3.72. The zero-order valence-corrected chi connectivity index (χ0v) is 8.62. The molecule has 1 amide bonds. The predicted octanol–water partition coefficient (Wildman–Crippen LogP) is 0.982. The van der Waals surface area contributed by atoms with E-state index >= 15 is 0 Å². The molecular weight excluding hydrogens is 164 g/mol. The molecular formula is C10H20N2O. The van der Waals surface area contributed by atoms with Crippen molar-refractivity contribution in [2.24, 2.45) is 11.7 Å². The first-order chi connectivity index (χ1) is 6.13. The third-order valence-electron chi connectivity index (χ3n) is 3.05. The van der Waals surface area contributed by atoms with Gasteiger partial charge in [-0.1, -0.05) is 13.3 Å². The molecule has 0 radical (unpaired) electrons. The zero-order valence-electron chi connectivity index (χ0n) is 8.62. The van der Waals surface area contributed by atoms with Gasteiger partial charge in [-0.2, -0.15) is 0 Å². The molecule has 2 atom stereocenters. The van der Waals surface area contributed by atoms with Crippen LogP contribution in [0, 0.1) is 5.92 Å². The highest BCUT2D eigenvalue weighted by molar-refractivity contribution is 5.75. The molecule has 1 rings (SSSR count). The molecule has 1 aliphatic rings. The predicted molar refractivity (Wildman–Crippen MR) is 53.2 cm³/mol. The zero-order chi connectivity index (χ0) is 9.84. The average Bonchev–Trinajstić information content (AvgIpc) is 2.08. The number of carbonyl (C=O) groups is 1. The summed E-state index contributed by atoms with van der Waals surface area (Å²) in [5, 5.41) is 0. The lowest BCUT2D eigenvalue weighted by molar-refractivity contribution is -0.120. The van der Waals surface area contributed by atoms with Gasteiger partial charge in [-0.05, 0) is 25.7 Å². The molecule has 0 spiro atoms. The summed E-state index contributed by atoms with van der Waals surface area (Å²) in [6, 6.07) is 0.523. The molecule has 0 aromatic rings. The van der Waals surface area contributed by atoms with Gasteiger partial charge in [0.15, 0.2) is 0 Å². The number of rotatable bonds is 3. The van der Waals surface area contributed by atoms with Gasteiger partial charge in [-0.25, -0.2) is 0 Å². The van der Waals surface area contributed by atoms with Crippen LogP contribution in [0.3, 0.4) is 0 Å². The summed E-state index contributed by atoms with van der Waals surface area (Å²) in [5.41, 5.74) is 5.19. The minimum atomic E-state index is -0.205. The van der Waals surface area contributed by atoms with Crippen molar-refractivity contribution in [2.75, 3.05) is 13.1 Å². The van der Waals surface area contributed by atoms with Crippen LogP contribution in [0.5, 0.6) is 0 Å². The van der Waals surface area contributed by atoms with Crippen molar-refractivity contribution in [3.8, 4) is 0 Å². The molecule has 0 aromatic carbocycles. The first kappa shape index (κ1) is 10.5. The van der Waals surface area contributed by atoms with E-state index in [0.29, 0.717) is 12.6 Å². The van der Waals surface area contributed by atoms with Gasteiger partial charge in [0.25, 0.3) is 0 Å².